The molecule has 0 heterocycles. The smallest absolute Gasteiger partial charge is 0.223 e. The van der Waals surface area contributed by atoms with E-state index in [0.717, 1.165) is 38.6 Å². The minimum absolute atomic E-state index is 0.164. The molecule has 1 amide bonds. The highest BCUT2D eigenvalue weighted by atomic mass is 16.1. The van der Waals surface area contributed by atoms with Crippen molar-refractivity contribution in [2.45, 2.75) is 71.3 Å². The Morgan fingerprint density at radius 3 is 2.78 bits per heavy atom. The van der Waals surface area contributed by atoms with Crippen molar-refractivity contribution in [2.24, 2.45) is 17.6 Å². The van der Waals surface area contributed by atoms with Gasteiger partial charge in [0.15, 0.2) is 0 Å². The number of amides is 1. The summed E-state index contributed by atoms with van der Waals surface area (Å²) in [7, 11) is 0. The molecule has 0 radical (unpaired) electrons. The first-order valence-corrected chi connectivity index (χ1v) is 7.70. The van der Waals surface area contributed by atoms with Crippen LogP contribution in [0.2, 0.25) is 0 Å². The molecule has 0 aromatic heterocycles. The molecule has 0 aromatic rings. The molecule has 1 fully saturated rings. The molecule has 0 bridgehead atoms. The van der Waals surface area contributed by atoms with Crippen LogP contribution in [0.3, 0.4) is 0 Å². The van der Waals surface area contributed by atoms with E-state index in [-0.39, 0.29) is 17.9 Å². The number of rotatable bonds is 7. The van der Waals surface area contributed by atoms with E-state index in [4.69, 9.17) is 5.73 Å². The zero-order valence-corrected chi connectivity index (χ0v) is 12.1. The van der Waals surface area contributed by atoms with Crippen LogP contribution in [-0.2, 0) is 4.79 Å². The van der Waals surface area contributed by atoms with Crippen molar-refractivity contribution in [1.29, 1.82) is 0 Å². The minimum atomic E-state index is 0.164. The summed E-state index contributed by atoms with van der Waals surface area (Å²) in [6.07, 6.45) is 8.97. The number of nitrogens with one attached hydrogen (secondary N) is 1. The second kappa shape index (κ2) is 8.52. The van der Waals surface area contributed by atoms with Gasteiger partial charge in [0.25, 0.3) is 0 Å². The molecule has 0 saturated heterocycles. The van der Waals surface area contributed by atoms with Crippen molar-refractivity contribution < 1.29 is 4.79 Å². The summed E-state index contributed by atoms with van der Waals surface area (Å²) in [6, 6.07) is 0.233. The van der Waals surface area contributed by atoms with Gasteiger partial charge in [0.1, 0.15) is 0 Å². The lowest BCUT2D eigenvalue weighted by molar-refractivity contribution is -0.126. The number of hydrogen-bond acceptors (Lipinski definition) is 2. The van der Waals surface area contributed by atoms with Crippen LogP contribution >= 0.6 is 0 Å². The van der Waals surface area contributed by atoms with Gasteiger partial charge in [0.2, 0.25) is 5.91 Å². The van der Waals surface area contributed by atoms with Gasteiger partial charge in [-0.3, -0.25) is 4.79 Å². The molecule has 1 saturated carbocycles. The maximum absolute atomic E-state index is 12.1. The molecule has 106 valence electrons. The largest absolute Gasteiger partial charge is 0.356 e. The Labute approximate surface area is 112 Å². The van der Waals surface area contributed by atoms with Gasteiger partial charge >= 0.3 is 0 Å². The first kappa shape index (κ1) is 15.5. The molecule has 1 rings (SSSR count). The van der Waals surface area contributed by atoms with Crippen molar-refractivity contribution in [2.75, 3.05) is 6.54 Å². The van der Waals surface area contributed by atoms with Crippen LogP contribution in [-0.4, -0.2) is 18.5 Å². The molecular weight excluding hydrogens is 224 g/mol. The topological polar surface area (TPSA) is 55.1 Å². The summed E-state index contributed by atoms with van der Waals surface area (Å²) in [4.78, 5) is 12.1. The van der Waals surface area contributed by atoms with Gasteiger partial charge in [-0.1, -0.05) is 39.5 Å². The molecule has 0 aromatic carbocycles. The van der Waals surface area contributed by atoms with Gasteiger partial charge in [-0.25, -0.2) is 0 Å². The van der Waals surface area contributed by atoms with Gasteiger partial charge in [0, 0.05) is 18.5 Å². The number of carbonyl (C=O) groups is 1. The Morgan fingerprint density at radius 1 is 1.39 bits per heavy atom. The predicted octanol–water partition coefficient (Wildman–Crippen LogP) is 2.84. The molecule has 0 spiro atoms. The van der Waals surface area contributed by atoms with Gasteiger partial charge in [-0.2, -0.15) is 0 Å². The van der Waals surface area contributed by atoms with E-state index >= 15 is 0 Å². The van der Waals surface area contributed by atoms with Gasteiger partial charge in [0.05, 0.1) is 0 Å². The standard InChI is InChI=1S/C15H30N2O/c1-3-5-7-12(4-2)11-17-15(18)13-8-6-9-14(16)10-13/h12-14H,3-11,16H2,1-2H3,(H,17,18). The maximum Gasteiger partial charge on any atom is 0.223 e. The lowest BCUT2D eigenvalue weighted by Gasteiger charge is -2.26. The normalized spacial score (nSPS) is 25.7. The van der Waals surface area contributed by atoms with E-state index in [2.05, 4.69) is 19.2 Å². The van der Waals surface area contributed by atoms with E-state index in [9.17, 15) is 4.79 Å². The fraction of sp³-hybridized carbons (Fsp3) is 0.933. The molecule has 0 aliphatic heterocycles. The summed E-state index contributed by atoms with van der Waals surface area (Å²) < 4.78 is 0. The van der Waals surface area contributed by atoms with Gasteiger partial charge < -0.3 is 11.1 Å². The monoisotopic (exact) mass is 254 g/mol. The molecule has 3 heteroatoms. The summed E-state index contributed by atoms with van der Waals surface area (Å²) in [6.45, 7) is 5.28. The SMILES string of the molecule is CCCCC(CC)CNC(=O)C1CCCC(N)C1. The Balaban J connectivity index is 2.26. The van der Waals surface area contributed by atoms with Crippen LogP contribution in [0.15, 0.2) is 0 Å². The van der Waals surface area contributed by atoms with E-state index in [1.165, 1.54) is 19.3 Å². The fourth-order valence-corrected chi connectivity index (χ4v) is 2.80. The third-order valence-electron chi connectivity index (χ3n) is 4.19. The molecule has 3 N–H and O–H groups in total. The lowest BCUT2D eigenvalue weighted by Crippen LogP contribution is -2.39. The van der Waals surface area contributed by atoms with Crippen molar-refractivity contribution in [3.8, 4) is 0 Å². The summed E-state index contributed by atoms with van der Waals surface area (Å²) in [5, 5.41) is 3.14. The van der Waals surface area contributed by atoms with Crippen molar-refractivity contribution in [1.82, 2.24) is 5.32 Å². The van der Waals surface area contributed by atoms with Crippen LogP contribution < -0.4 is 11.1 Å². The first-order chi connectivity index (χ1) is 8.67. The third kappa shape index (κ3) is 5.38. The Morgan fingerprint density at radius 2 is 2.17 bits per heavy atom. The molecule has 1 aliphatic carbocycles. The van der Waals surface area contributed by atoms with Crippen LogP contribution in [0, 0.1) is 11.8 Å². The highest BCUT2D eigenvalue weighted by molar-refractivity contribution is 5.78. The Hall–Kier alpha value is -0.570. The number of nitrogens with two attached hydrogens (primary N) is 1. The first-order valence-electron chi connectivity index (χ1n) is 7.70. The van der Waals surface area contributed by atoms with Crippen molar-refractivity contribution in [3.63, 3.8) is 0 Å². The quantitative estimate of drug-likeness (QED) is 0.734. The van der Waals surface area contributed by atoms with E-state index < -0.39 is 0 Å². The Bertz CT molecular complexity index is 243. The molecule has 3 atom stereocenters. The second-order valence-corrected chi connectivity index (χ2v) is 5.79. The molecule has 18 heavy (non-hydrogen) atoms. The number of hydrogen-bond donors (Lipinski definition) is 2. The number of unbranched alkanes of at least 4 members (excludes halogenated alkanes) is 1. The maximum atomic E-state index is 12.1. The van der Waals surface area contributed by atoms with Crippen LogP contribution in [0.25, 0.3) is 0 Å². The summed E-state index contributed by atoms with van der Waals surface area (Å²) >= 11 is 0. The highest BCUT2D eigenvalue weighted by Gasteiger charge is 2.25. The molecule has 3 unspecified atom stereocenters. The predicted molar refractivity (Wildman–Crippen MR) is 76.2 cm³/mol. The van der Waals surface area contributed by atoms with Crippen molar-refractivity contribution in [3.05, 3.63) is 0 Å². The average Bonchev–Trinajstić information content (AvgIpc) is 2.38. The van der Waals surface area contributed by atoms with Gasteiger partial charge in [-0.15, -0.1) is 0 Å². The Kier molecular flexibility index (Phi) is 7.33. The lowest BCUT2D eigenvalue weighted by atomic mass is 9.85. The minimum Gasteiger partial charge on any atom is -0.356 e. The zero-order valence-electron chi connectivity index (χ0n) is 12.1. The van der Waals surface area contributed by atoms with Gasteiger partial charge in [-0.05, 0) is 31.6 Å². The van der Waals surface area contributed by atoms with E-state index in [1.807, 2.05) is 0 Å². The fourth-order valence-electron chi connectivity index (χ4n) is 2.80. The van der Waals surface area contributed by atoms with E-state index in [0.29, 0.717) is 5.92 Å². The van der Waals surface area contributed by atoms with Crippen LogP contribution in [0.5, 0.6) is 0 Å². The van der Waals surface area contributed by atoms with Crippen LogP contribution in [0.4, 0.5) is 0 Å². The average molecular weight is 254 g/mol. The van der Waals surface area contributed by atoms with E-state index in [1.54, 1.807) is 0 Å². The molecule has 3 nitrogen and oxygen atoms in total. The second-order valence-electron chi connectivity index (χ2n) is 5.79. The number of carbonyl (C=O) groups excluding carboxylic acids is 1. The third-order valence-corrected chi connectivity index (χ3v) is 4.19. The van der Waals surface area contributed by atoms with Crippen LogP contribution in [0.1, 0.15) is 65.2 Å². The summed E-state index contributed by atoms with van der Waals surface area (Å²) in [5.41, 5.74) is 5.93. The molecule has 1 aliphatic rings. The summed E-state index contributed by atoms with van der Waals surface area (Å²) in [5.74, 6) is 1.05. The highest BCUT2D eigenvalue weighted by Crippen LogP contribution is 2.23. The molecular formula is C15H30N2O. The van der Waals surface area contributed by atoms with Crippen molar-refractivity contribution >= 4 is 5.91 Å². The zero-order chi connectivity index (χ0) is 13.4.